The zero-order chi connectivity index (χ0) is 9.26. The average molecular weight is 180 g/mol. The Labute approximate surface area is 81.2 Å². The van der Waals surface area contributed by atoms with E-state index in [1.54, 1.807) is 0 Å². The van der Waals surface area contributed by atoms with Crippen LogP contribution in [0.5, 0.6) is 0 Å². The van der Waals surface area contributed by atoms with Crippen LogP contribution in [0.2, 0.25) is 0 Å². The molecule has 3 atom stereocenters. The maximum Gasteiger partial charge on any atom is 0.0985 e. The molecule has 13 heavy (non-hydrogen) atoms. The molecule has 74 valence electrons. The van der Waals surface area contributed by atoms with Crippen LogP contribution in [-0.2, 0) is 4.74 Å². The van der Waals surface area contributed by atoms with Gasteiger partial charge in [0, 0.05) is 6.42 Å². The third kappa shape index (κ3) is 2.26. The minimum absolute atomic E-state index is 0.534. The van der Waals surface area contributed by atoms with Crippen LogP contribution >= 0.6 is 0 Å². The maximum atomic E-state index is 5.97. The van der Waals surface area contributed by atoms with Crippen molar-refractivity contribution in [3.63, 3.8) is 0 Å². The Morgan fingerprint density at radius 2 is 2.08 bits per heavy atom. The highest BCUT2D eigenvalue weighted by Crippen LogP contribution is 2.32. The Bertz CT molecular complexity index is 207. The predicted octanol–water partition coefficient (Wildman–Crippen LogP) is 3.51. The van der Waals surface area contributed by atoms with Crippen LogP contribution in [0.15, 0.2) is 11.8 Å². The summed E-state index contributed by atoms with van der Waals surface area (Å²) in [7, 11) is 0. The molecule has 0 bridgehead atoms. The van der Waals surface area contributed by atoms with Gasteiger partial charge in [-0.15, -0.1) is 0 Å². The lowest BCUT2D eigenvalue weighted by Gasteiger charge is -2.14. The van der Waals surface area contributed by atoms with Gasteiger partial charge in [-0.3, -0.25) is 0 Å². The zero-order valence-corrected chi connectivity index (χ0v) is 8.75. The van der Waals surface area contributed by atoms with E-state index >= 15 is 0 Å². The second-order valence-electron chi connectivity index (χ2n) is 4.87. The smallest absolute Gasteiger partial charge is 0.0985 e. The van der Waals surface area contributed by atoms with Gasteiger partial charge in [0.2, 0.25) is 0 Å². The van der Waals surface area contributed by atoms with Gasteiger partial charge in [0.15, 0.2) is 0 Å². The number of ether oxygens (including phenoxy) is 1. The van der Waals surface area contributed by atoms with Crippen molar-refractivity contribution in [3.05, 3.63) is 11.8 Å². The first-order valence-corrected chi connectivity index (χ1v) is 5.59. The normalized spacial score (nSPS) is 39.2. The summed E-state index contributed by atoms with van der Waals surface area (Å²) in [6.45, 7) is 4.62. The molecule has 3 unspecified atom stereocenters. The Balaban J connectivity index is 1.79. The molecule has 0 saturated heterocycles. The highest BCUT2D eigenvalue weighted by atomic mass is 16.5. The van der Waals surface area contributed by atoms with Gasteiger partial charge in [0.25, 0.3) is 0 Å². The molecule has 0 radical (unpaired) electrons. The van der Waals surface area contributed by atoms with Crippen LogP contribution in [0.3, 0.4) is 0 Å². The summed E-state index contributed by atoms with van der Waals surface area (Å²) in [5, 5.41) is 0. The van der Waals surface area contributed by atoms with E-state index in [0.29, 0.717) is 6.10 Å². The van der Waals surface area contributed by atoms with E-state index in [9.17, 15) is 0 Å². The van der Waals surface area contributed by atoms with Crippen LogP contribution in [0, 0.1) is 11.8 Å². The fourth-order valence-corrected chi connectivity index (χ4v) is 2.41. The van der Waals surface area contributed by atoms with Gasteiger partial charge in [-0.25, -0.2) is 0 Å². The molecule has 0 aromatic heterocycles. The molecule has 1 nitrogen and oxygen atoms in total. The molecule has 0 amide bonds. The maximum absolute atomic E-state index is 5.97. The molecule has 1 saturated carbocycles. The van der Waals surface area contributed by atoms with Gasteiger partial charge >= 0.3 is 0 Å². The summed E-state index contributed by atoms with van der Waals surface area (Å²) in [4.78, 5) is 0. The topological polar surface area (TPSA) is 9.23 Å². The number of rotatable bonds is 2. The van der Waals surface area contributed by atoms with Gasteiger partial charge in [-0.1, -0.05) is 13.8 Å². The van der Waals surface area contributed by atoms with Crippen molar-refractivity contribution < 1.29 is 4.74 Å². The molecule has 2 aliphatic rings. The average Bonchev–Trinajstić information content (AvgIpc) is 2.62. The molecular formula is C12H20O. The molecule has 2 aliphatic carbocycles. The molecule has 0 N–H and O–H groups in total. The molecular weight excluding hydrogens is 160 g/mol. The van der Waals surface area contributed by atoms with Gasteiger partial charge in [-0.05, 0) is 43.6 Å². The van der Waals surface area contributed by atoms with Crippen molar-refractivity contribution in [2.45, 2.75) is 52.1 Å². The van der Waals surface area contributed by atoms with Crippen molar-refractivity contribution in [2.24, 2.45) is 11.8 Å². The highest BCUT2D eigenvalue weighted by molar-refractivity contribution is 5.03. The lowest BCUT2D eigenvalue weighted by Crippen LogP contribution is -2.07. The van der Waals surface area contributed by atoms with Gasteiger partial charge < -0.3 is 4.74 Å². The van der Waals surface area contributed by atoms with E-state index in [-0.39, 0.29) is 0 Å². The minimum Gasteiger partial charge on any atom is -0.495 e. The standard InChI is InChI=1S/C12H20O/c1-9-3-5-11(7-9)13-12-6-4-10(2)8-12/h5,9-10,12H,3-4,6-8H2,1-2H3. The first-order chi connectivity index (χ1) is 6.24. The Morgan fingerprint density at radius 3 is 2.62 bits per heavy atom. The largest absolute Gasteiger partial charge is 0.495 e. The van der Waals surface area contributed by atoms with Gasteiger partial charge in [0.1, 0.15) is 0 Å². The van der Waals surface area contributed by atoms with E-state index in [4.69, 9.17) is 4.74 Å². The van der Waals surface area contributed by atoms with Crippen LogP contribution < -0.4 is 0 Å². The highest BCUT2D eigenvalue weighted by Gasteiger charge is 2.24. The summed E-state index contributed by atoms with van der Waals surface area (Å²) in [6.07, 6.45) is 9.11. The molecule has 1 heteroatoms. The fourth-order valence-electron chi connectivity index (χ4n) is 2.41. The van der Waals surface area contributed by atoms with Gasteiger partial charge in [-0.2, -0.15) is 0 Å². The number of hydrogen-bond acceptors (Lipinski definition) is 1. The summed E-state index contributed by atoms with van der Waals surface area (Å²) in [5.74, 6) is 2.96. The molecule has 1 fully saturated rings. The number of hydrogen-bond donors (Lipinski definition) is 0. The Kier molecular flexibility index (Phi) is 2.61. The van der Waals surface area contributed by atoms with Crippen LogP contribution in [0.4, 0.5) is 0 Å². The van der Waals surface area contributed by atoms with Crippen molar-refractivity contribution in [3.8, 4) is 0 Å². The first kappa shape index (κ1) is 9.11. The Hall–Kier alpha value is -0.460. The summed E-state index contributed by atoms with van der Waals surface area (Å²) < 4.78 is 5.97. The van der Waals surface area contributed by atoms with Crippen LogP contribution in [0.25, 0.3) is 0 Å². The van der Waals surface area contributed by atoms with E-state index in [0.717, 1.165) is 11.8 Å². The van der Waals surface area contributed by atoms with Gasteiger partial charge in [0.05, 0.1) is 11.9 Å². The third-order valence-electron chi connectivity index (χ3n) is 3.26. The molecule has 0 aromatic rings. The lowest BCUT2D eigenvalue weighted by atomic mass is 10.1. The van der Waals surface area contributed by atoms with Crippen LogP contribution in [0.1, 0.15) is 46.0 Å². The second-order valence-corrected chi connectivity index (χ2v) is 4.87. The van der Waals surface area contributed by atoms with Crippen LogP contribution in [-0.4, -0.2) is 6.10 Å². The monoisotopic (exact) mass is 180 g/mol. The second kappa shape index (κ2) is 3.73. The summed E-state index contributed by atoms with van der Waals surface area (Å²) in [5.41, 5.74) is 0. The first-order valence-electron chi connectivity index (χ1n) is 5.59. The SMILES string of the molecule is CC1CC=C(OC2CCC(C)C2)C1. The predicted molar refractivity (Wildman–Crippen MR) is 54.4 cm³/mol. The summed E-state index contributed by atoms with van der Waals surface area (Å²) >= 11 is 0. The van der Waals surface area contributed by atoms with E-state index in [1.807, 2.05) is 0 Å². The zero-order valence-electron chi connectivity index (χ0n) is 8.75. The third-order valence-corrected chi connectivity index (χ3v) is 3.26. The minimum atomic E-state index is 0.534. The molecule has 0 aliphatic heterocycles. The quantitative estimate of drug-likeness (QED) is 0.632. The van der Waals surface area contributed by atoms with Crippen molar-refractivity contribution in [1.29, 1.82) is 0 Å². The van der Waals surface area contributed by atoms with Crippen molar-refractivity contribution in [2.75, 3.05) is 0 Å². The Morgan fingerprint density at radius 1 is 1.23 bits per heavy atom. The molecule has 0 spiro atoms. The van der Waals surface area contributed by atoms with E-state index < -0.39 is 0 Å². The number of allylic oxidation sites excluding steroid dienone is 2. The molecule has 0 heterocycles. The molecule has 0 aromatic carbocycles. The van der Waals surface area contributed by atoms with Crippen molar-refractivity contribution in [1.82, 2.24) is 0 Å². The lowest BCUT2D eigenvalue weighted by molar-refractivity contribution is 0.112. The fraction of sp³-hybridized carbons (Fsp3) is 0.833. The van der Waals surface area contributed by atoms with Crippen molar-refractivity contribution >= 4 is 0 Å². The molecule has 2 rings (SSSR count). The summed E-state index contributed by atoms with van der Waals surface area (Å²) in [6, 6.07) is 0. The van der Waals surface area contributed by atoms with E-state index in [2.05, 4.69) is 19.9 Å². The van der Waals surface area contributed by atoms with E-state index in [1.165, 1.54) is 37.9 Å².